The third kappa shape index (κ3) is 5.41. The minimum atomic E-state index is 0.142. The predicted molar refractivity (Wildman–Crippen MR) is 72.1 cm³/mol. The topological polar surface area (TPSA) is 59.9 Å². The summed E-state index contributed by atoms with van der Waals surface area (Å²) in [5.74, 6) is 1.55. The Morgan fingerprint density at radius 2 is 2.18 bits per heavy atom. The minimum Gasteiger partial charge on any atom is -0.464 e. The summed E-state index contributed by atoms with van der Waals surface area (Å²) >= 11 is 7.60. The number of rotatable bonds is 7. The van der Waals surface area contributed by atoms with Gasteiger partial charge in [-0.05, 0) is 43.9 Å². The van der Waals surface area contributed by atoms with Crippen molar-refractivity contribution in [2.45, 2.75) is 26.3 Å². The van der Waals surface area contributed by atoms with E-state index in [0.29, 0.717) is 12.6 Å². The van der Waals surface area contributed by atoms with E-state index in [1.54, 1.807) is 0 Å². The molecule has 0 aliphatic carbocycles. The average molecular weight is 277 g/mol. The number of anilines is 1. The summed E-state index contributed by atoms with van der Waals surface area (Å²) in [6.45, 7) is 4.45. The van der Waals surface area contributed by atoms with Crippen LogP contribution in [0.2, 0.25) is 5.28 Å². The van der Waals surface area contributed by atoms with Crippen molar-refractivity contribution in [3.8, 4) is 6.01 Å². The standard InChI is InChI=1S/C10H17ClN4OS/c1-4-16-10-14-8(11)13-9(15-10)12-7(2)5-6-17-3/h7H,4-6H2,1-3H3,(H,12,13,14,15). The first-order valence-corrected chi connectivity index (χ1v) is 7.22. The zero-order valence-corrected chi connectivity index (χ0v) is 11.8. The zero-order valence-electron chi connectivity index (χ0n) is 10.2. The second-order valence-electron chi connectivity index (χ2n) is 3.47. The Morgan fingerprint density at radius 1 is 1.41 bits per heavy atom. The van der Waals surface area contributed by atoms with Crippen LogP contribution >= 0.6 is 23.4 Å². The number of thioether (sulfide) groups is 1. The van der Waals surface area contributed by atoms with Crippen molar-refractivity contribution >= 4 is 29.3 Å². The summed E-state index contributed by atoms with van der Waals surface area (Å²) in [4.78, 5) is 12.0. The summed E-state index contributed by atoms with van der Waals surface area (Å²) in [6.07, 6.45) is 3.12. The van der Waals surface area contributed by atoms with E-state index in [1.165, 1.54) is 0 Å². The van der Waals surface area contributed by atoms with Crippen molar-refractivity contribution in [3.63, 3.8) is 0 Å². The SMILES string of the molecule is CCOc1nc(Cl)nc(NC(C)CCSC)n1. The van der Waals surface area contributed by atoms with Gasteiger partial charge >= 0.3 is 6.01 Å². The fourth-order valence-electron chi connectivity index (χ4n) is 1.18. The van der Waals surface area contributed by atoms with Gasteiger partial charge < -0.3 is 10.1 Å². The predicted octanol–water partition coefficient (Wildman–Crippen LogP) is 2.48. The Hall–Kier alpha value is -0.750. The Kier molecular flexibility index (Phi) is 6.36. The lowest BCUT2D eigenvalue weighted by atomic mass is 10.3. The zero-order chi connectivity index (χ0) is 12.7. The maximum absolute atomic E-state index is 5.79. The average Bonchev–Trinajstić information content (AvgIpc) is 2.26. The van der Waals surface area contributed by atoms with Gasteiger partial charge in [-0.1, -0.05) is 0 Å². The van der Waals surface area contributed by atoms with E-state index < -0.39 is 0 Å². The van der Waals surface area contributed by atoms with Gasteiger partial charge in [0.1, 0.15) is 0 Å². The van der Waals surface area contributed by atoms with Crippen LogP contribution in [-0.4, -0.2) is 39.6 Å². The molecule has 1 aromatic rings. The molecule has 7 heteroatoms. The van der Waals surface area contributed by atoms with Gasteiger partial charge in [-0.3, -0.25) is 0 Å². The highest BCUT2D eigenvalue weighted by atomic mass is 35.5. The van der Waals surface area contributed by atoms with Gasteiger partial charge in [0.25, 0.3) is 0 Å². The summed E-state index contributed by atoms with van der Waals surface area (Å²) in [5.41, 5.74) is 0. The van der Waals surface area contributed by atoms with E-state index >= 15 is 0 Å². The molecule has 1 unspecified atom stereocenters. The first-order chi connectivity index (χ1) is 8.15. The molecule has 0 spiro atoms. The maximum Gasteiger partial charge on any atom is 0.322 e. The van der Waals surface area contributed by atoms with E-state index in [1.807, 2.05) is 18.7 Å². The van der Waals surface area contributed by atoms with Crippen LogP contribution in [0.15, 0.2) is 0 Å². The van der Waals surface area contributed by atoms with Crippen molar-refractivity contribution < 1.29 is 4.74 Å². The molecule has 1 aromatic heterocycles. The highest BCUT2D eigenvalue weighted by Crippen LogP contribution is 2.13. The molecule has 0 bridgehead atoms. The molecule has 1 atom stereocenters. The number of halogens is 1. The summed E-state index contributed by atoms with van der Waals surface area (Å²) in [5, 5.41) is 3.32. The van der Waals surface area contributed by atoms with Gasteiger partial charge in [0, 0.05) is 6.04 Å². The van der Waals surface area contributed by atoms with Crippen molar-refractivity contribution in [2.24, 2.45) is 0 Å². The lowest BCUT2D eigenvalue weighted by Gasteiger charge is -2.13. The van der Waals surface area contributed by atoms with Crippen molar-refractivity contribution in [1.29, 1.82) is 0 Å². The normalized spacial score (nSPS) is 12.2. The Bertz CT molecular complexity index is 353. The van der Waals surface area contributed by atoms with Crippen molar-refractivity contribution in [2.75, 3.05) is 23.9 Å². The van der Waals surface area contributed by atoms with Crippen LogP contribution in [0.1, 0.15) is 20.3 Å². The van der Waals surface area contributed by atoms with Crippen molar-refractivity contribution in [3.05, 3.63) is 5.28 Å². The molecular formula is C10H17ClN4OS. The summed E-state index contributed by atoms with van der Waals surface area (Å²) in [7, 11) is 0. The van der Waals surface area contributed by atoms with Crippen LogP contribution in [0, 0.1) is 0 Å². The Balaban J connectivity index is 2.63. The molecule has 0 aromatic carbocycles. The molecule has 0 aliphatic rings. The Labute approximate surface area is 111 Å². The molecule has 0 amide bonds. The van der Waals surface area contributed by atoms with Gasteiger partial charge in [0.2, 0.25) is 11.2 Å². The number of aromatic nitrogens is 3. The van der Waals surface area contributed by atoms with E-state index in [2.05, 4.69) is 33.4 Å². The molecule has 0 aliphatic heterocycles. The first kappa shape index (κ1) is 14.3. The monoisotopic (exact) mass is 276 g/mol. The molecule has 1 N–H and O–H groups in total. The number of ether oxygens (including phenoxy) is 1. The van der Waals surface area contributed by atoms with Gasteiger partial charge in [-0.15, -0.1) is 0 Å². The molecule has 0 radical (unpaired) electrons. The molecular weight excluding hydrogens is 260 g/mol. The van der Waals surface area contributed by atoms with E-state index in [4.69, 9.17) is 16.3 Å². The molecule has 96 valence electrons. The van der Waals surface area contributed by atoms with Gasteiger partial charge in [-0.2, -0.15) is 26.7 Å². The Morgan fingerprint density at radius 3 is 2.82 bits per heavy atom. The summed E-state index contributed by atoms with van der Waals surface area (Å²) < 4.78 is 5.20. The van der Waals surface area contributed by atoms with Crippen LogP contribution in [0.4, 0.5) is 5.95 Å². The fraction of sp³-hybridized carbons (Fsp3) is 0.700. The second-order valence-corrected chi connectivity index (χ2v) is 4.79. The van der Waals surface area contributed by atoms with E-state index in [-0.39, 0.29) is 17.3 Å². The van der Waals surface area contributed by atoms with Gasteiger partial charge in [0.15, 0.2) is 0 Å². The largest absolute Gasteiger partial charge is 0.464 e. The lowest BCUT2D eigenvalue weighted by Crippen LogP contribution is -2.18. The third-order valence-corrected chi connectivity index (χ3v) is 2.80. The minimum absolute atomic E-state index is 0.142. The molecule has 17 heavy (non-hydrogen) atoms. The number of nitrogens with zero attached hydrogens (tertiary/aromatic N) is 3. The highest BCUT2D eigenvalue weighted by molar-refractivity contribution is 7.98. The quantitative estimate of drug-likeness (QED) is 0.826. The second kappa shape index (κ2) is 7.55. The molecule has 1 heterocycles. The van der Waals surface area contributed by atoms with Crippen molar-refractivity contribution in [1.82, 2.24) is 15.0 Å². The number of nitrogens with one attached hydrogen (secondary N) is 1. The fourth-order valence-corrected chi connectivity index (χ4v) is 1.92. The smallest absolute Gasteiger partial charge is 0.322 e. The lowest BCUT2D eigenvalue weighted by molar-refractivity contribution is 0.312. The van der Waals surface area contributed by atoms with Crippen LogP contribution in [0.5, 0.6) is 6.01 Å². The van der Waals surface area contributed by atoms with Crippen LogP contribution in [0.25, 0.3) is 0 Å². The molecule has 5 nitrogen and oxygen atoms in total. The third-order valence-electron chi connectivity index (χ3n) is 1.99. The molecule has 0 saturated heterocycles. The van der Waals surface area contributed by atoms with E-state index in [0.717, 1.165) is 12.2 Å². The molecule has 0 saturated carbocycles. The number of hydrogen-bond acceptors (Lipinski definition) is 6. The number of hydrogen-bond donors (Lipinski definition) is 1. The summed E-state index contributed by atoms with van der Waals surface area (Å²) in [6, 6.07) is 0.544. The molecule has 0 fully saturated rings. The van der Waals surface area contributed by atoms with Crippen LogP contribution < -0.4 is 10.1 Å². The highest BCUT2D eigenvalue weighted by Gasteiger charge is 2.08. The van der Waals surface area contributed by atoms with Crippen LogP contribution in [-0.2, 0) is 0 Å². The van der Waals surface area contributed by atoms with Gasteiger partial charge in [-0.25, -0.2) is 0 Å². The molecule has 1 rings (SSSR count). The maximum atomic E-state index is 5.79. The first-order valence-electron chi connectivity index (χ1n) is 5.45. The van der Waals surface area contributed by atoms with Gasteiger partial charge in [0.05, 0.1) is 6.61 Å². The van der Waals surface area contributed by atoms with E-state index in [9.17, 15) is 0 Å². The van der Waals surface area contributed by atoms with Crippen LogP contribution in [0.3, 0.4) is 0 Å².